The van der Waals surface area contributed by atoms with Crippen LogP contribution in [0.25, 0.3) is 11.2 Å². The molecule has 0 saturated heterocycles. The second-order valence-corrected chi connectivity index (χ2v) is 8.75. The highest BCUT2D eigenvalue weighted by Gasteiger charge is 2.26. The van der Waals surface area contributed by atoms with Gasteiger partial charge in [-0.15, -0.1) is 0 Å². The third-order valence-electron chi connectivity index (χ3n) is 6.52. The van der Waals surface area contributed by atoms with Crippen molar-refractivity contribution in [2.45, 2.75) is 76.0 Å². The van der Waals surface area contributed by atoms with Crippen LogP contribution >= 0.6 is 0 Å². The van der Waals surface area contributed by atoms with Gasteiger partial charge in [0.25, 0.3) is 0 Å². The van der Waals surface area contributed by atoms with Crippen LogP contribution < -0.4 is 10.6 Å². The highest BCUT2D eigenvalue weighted by molar-refractivity contribution is 5.76. The number of halogens is 1. The summed E-state index contributed by atoms with van der Waals surface area (Å²) < 4.78 is 16.4. The van der Waals surface area contributed by atoms with Gasteiger partial charge in [-0.25, -0.2) is 14.4 Å². The standard InChI is InChI=1S/C23H29FN6O/c24-18-8-4-5-9-19(18)27-23-28-20-14-25-22(26-15-6-2-1-3-7-15)29-21(20)30(23)16-10-12-17(31)13-11-16/h4-5,8-9,14-17,31H,1-3,6-7,10-13H2,(H,27,28)(H,25,26,29)/t16-,17-. The molecule has 0 amide bonds. The normalized spacial score (nSPS) is 22.5. The van der Waals surface area contributed by atoms with Crippen molar-refractivity contribution in [1.29, 1.82) is 0 Å². The molecule has 2 heterocycles. The number of nitrogens with zero attached hydrogens (tertiary/aromatic N) is 4. The molecule has 2 aliphatic carbocycles. The SMILES string of the molecule is O[C@H]1CC[C@H](n2c(Nc3ccccc3F)nc3cnc(NC4CCCCC4)nc32)CC1. The predicted octanol–water partition coefficient (Wildman–Crippen LogP) is 4.93. The van der Waals surface area contributed by atoms with Gasteiger partial charge in [-0.3, -0.25) is 4.57 Å². The molecule has 164 valence electrons. The van der Waals surface area contributed by atoms with Crippen LogP contribution in [0.4, 0.5) is 22.0 Å². The number of aliphatic hydroxyl groups is 1. The Hall–Kier alpha value is -2.74. The Kier molecular flexibility index (Phi) is 5.72. The first kappa shape index (κ1) is 20.2. The summed E-state index contributed by atoms with van der Waals surface area (Å²) in [6.45, 7) is 0. The van der Waals surface area contributed by atoms with Gasteiger partial charge in [-0.2, -0.15) is 4.98 Å². The number of aromatic nitrogens is 4. The van der Waals surface area contributed by atoms with Crippen LogP contribution in [0.15, 0.2) is 30.5 Å². The van der Waals surface area contributed by atoms with Gasteiger partial charge in [0, 0.05) is 12.1 Å². The summed E-state index contributed by atoms with van der Waals surface area (Å²) in [6.07, 6.45) is 10.7. The molecule has 0 spiro atoms. The van der Waals surface area contributed by atoms with Crippen LogP contribution in [0.2, 0.25) is 0 Å². The van der Waals surface area contributed by atoms with Crippen molar-refractivity contribution in [3.63, 3.8) is 0 Å². The van der Waals surface area contributed by atoms with Crippen LogP contribution in [0.1, 0.15) is 63.8 Å². The van der Waals surface area contributed by atoms with E-state index < -0.39 is 0 Å². The van der Waals surface area contributed by atoms with E-state index in [2.05, 4.69) is 20.2 Å². The van der Waals surface area contributed by atoms with E-state index in [1.807, 2.05) is 0 Å². The Morgan fingerprint density at radius 1 is 0.968 bits per heavy atom. The molecule has 0 aliphatic heterocycles. The molecule has 2 aliphatic rings. The molecule has 2 saturated carbocycles. The van der Waals surface area contributed by atoms with Crippen molar-refractivity contribution in [2.24, 2.45) is 0 Å². The molecule has 0 bridgehead atoms. The lowest BCUT2D eigenvalue weighted by Crippen LogP contribution is -2.24. The van der Waals surface area contributed by atoms with Gasteiger partial charge in [0.2, 0.25) is 11.9 Å². The maximum Gasteiger partial charge on any atom is 0.224 e. The number of aliphatic hydroxyl groups excluding tert-OH is 1. The fraction of sp³-hybridized carbons (Fsp3) is 0.522. The molecule has 7 nitrogen and oxygen atoms in total. The number of para-hydroxylation sites is 1. The Balaban J connectivity index is 1.51. The van der Waals surface area contributed by atoms with Crippen molar-refractivity contribution in [1.82, 2.24) is 19.5 Å². The minimum Gasteiger partial charge on any atom is -0.393 e. The lowest BCUT2D eigenvalue weighted by atomic mass is 9.93. The molecule has 2 fully saturated rings. The molecular formula is C23H29FN6O. The first-order valence-electron chi connectivity index (χ1n) is 11.4. The minimum absolute atomic E-state index is 0.139. The van der Waals surface area contributed by atoms with Gasteiger partial charge in [0.1, 0.15) is 11.3 Å². The summed E-state index contributed by atoms with van der Waals surface area (Å²) in [4.78, 5) is 14.0. The molecule has 8 heteroatoms. The zero-order chi connectivity index (χ0) is 21.2. The third kappa shape index (κ3) is 4.35. The van der Waals surface area contributed by atoms with Gasteiger partial charge < -0.3 is 15.7 Å². The average molecular weight is 425 g/mol. The van der Waals surface area contributed by atoms with E-state index in [1.54, 1.807) is 24.4 Å². The number of nitrogens with one attached hydrogen (secondary N) is 2. The van der Waals surface area contributed by atoms with Crippen molar-refractivity contribution < 1.29 is 9.50 Å². The maximum atomic E-state index is 14.3. The number of hydrogen-bond donors (Lipinski definition) is 3. The molecule has 2 aromatic heterocycles. The number of hydrogen-bond acceptors (Lipinski definition) is 6. The first-order valence-corrected chi connectivity index (χ1v) is 11.4. The van der Waals surface area contributed by atoms with Crippen LogP contribution in [0.5, 0.6) is 0 Å². The van der Waals surface area contributed by atoms with E-state index in [-0.39, 0.29) is 18.0 Å². The van der Waals surface area contributed by atoms with Gasteiger partial charge >= 0.3 is 0 Å². The molecule has 0 atom stereocenters. The summed E-state index contributed by atoms with van der Waals surface area (Å²) in [7, 11) is 0. The van der Waals surface area contributed by atoms with E-state index in [0.29, 0.717) is 29.1 Å². The summed E-state index contributed by atoms with van der Waals surface area (Å²) in [5.41, 5.74) is 1.80. The number of anilines is 3. The Morgan fingerprint density at radius 2 is 1.74 bits per heavy atom. The maximum absolute atomic E-state index is 14.3. The zero-order valence-corrected chi connectivity index (χ0v) is 17.6. The smallest absolute Gasteiger partial charge is 0.224 e. The van der Waals surface area contributed by atoms with Crippen LogP contribution in [0.3, 0.4) is 0 Å². The second-order valence-electron chi connectivity index (χ2n) is 8.75. The van der Waals surface area contributed by atoms with E-state index >= 15 is 0 Å². The highest BCUT2D eigenvalue weighted by Crippen LogP contribution is 2.35. The monoisotopic (exact) mass is 424 g/mol. The van der Waals surface area contributed by atoms with Gasteiger partial charge in [-0.1, -0.05) is 31.4 Å². The lowest BCUT2D eigenvalue weighted by Gasteiger charge is -2.28. The topological polar surface area (TPSA) is 87.9 Å². The van der Waals surface area contributed by atoms with Crippen LogP contribution in [0, 0.1) is 5.82 Å². The summed E-state index contributed by atoms with van der Waals surface area (Å²) in [5.74, 6) is 0.852. The van der Waals surface area contributed by atoms with Crippen LogP contribution in [-0.2, 0) is 0 Å². The molecule has 3 aromatic rings. The highest BCUT2D eigenvalue weighted by atomic mass is 19.1. The summed E-state index contributed by atoms with van der Waals surface area (Å²) in [5, 5.41) is 16.6. The molecule has 3 N–H and O–H groups in total. The zero-order valence-electron chi connectivity index (χ0n) is 17.6. The Bertz CT molecular complexity index is 1040. The molecule has 31 heavy (non-hydrogen) atoms. The quantitative estimate of drug-likeness (QED) is 0.538. The number of benzene rings is 1. The van der Waals surface area contributed by atoms with Gasteiger partial charge in [-0.05, 0) is 50.7 Å². The van der Waals surface area contributed by atoms with E-state index in [0.717, 1.165) is 44.2 Å². The van der Waals surface area contributed by atoms with E-state index in [9.17, 15) is 9.50 Å². The molecule has 0 unspecified atom stereocenters. The largest absolute Gasteiger partial charge is 0.393 e. The number of rotatable bonds is 5. The van der Waals surface area contributed by atoms with Crippen molar-refractivity contribution in [3.8, 4) is 0 Å². The predicted molar refractivity (Wildman–Crippen MR) is 119 cm³/mol. The Labute approximate surface area is 181 Å². The lowest BCUT2D eigenvalue weighted by molar-refractivity contribution is 0.112. The molecule has 0 radical (unpaired) electrons. The van der Waals surface area contributed by atoms with E-state index in [1.165, 1.54) is 25.3 Å². The van der Waals surface area contributed by atoms with Gasteiger partial charge in [0.15, 0.2) is 5.65 Å². The average Bonchev–Trinajstić information content (AvgIpc) is 3.14. The van der Waals surface area contributed by atoms with Gasteiger partial charge in [0.05, 0.1) is 18.0 Å². The Morgan fingerprint density at radius 3 is 2.52 bits per heavy atom. The number of fused-ring (bicyclic) bond motifs is 1. The van der Waals surface area contributed by atoms with Crippen LogP contribution in [-0.4, -0.2) is 36.8 Å². The van der Waals surface area contributed by atoms with Crippen molar-refractivity contribution in [3.05, 3.63) is 36.3 Å². The third-order valence-corrected chi connectivity index (χ3v) is 6.52. The van der Waals surface area contributed by atoms with Crippen molar-refractivity contribution in [2.75, 3.05) is 10.6 Å². The van der Waals surface area contributed by atoms with Crippen molar-refractivity contribution >= 4 is 28.7 Å². The first-order chi connectivity index (χ1) is 15.2. The summed E-state index contributed by atoms with van der Waals surface area (Å²) in [6, 6.07) is 7.13. The summed E-state index contributed by atoms with van der Waals surface area (Å²) >= 11 is 0. The second kappa shape index (κ2) is 8.78. The minimum atomic E-state index is -0.328. The number of imidazole rings is 1. The fourth-order valence-corrected chi connectivity index (χ4v) is 4.82. The molecule has 1 aromatic carbocycles. The molecule has 5 rings (SSSR count). The van der Waals surface area contributed by atoms with E-state index in [4.69, 9.17) is 9.97 Å². The fourth-order valence-electron chi connectivity index (χ4n) is 4.82. The molecular weight excluding hydrogens is 395 g/mol.